The maximum atomic E-state index is 13.3. The molecule has 9 nitrogen and oxygen atoms in total. The summed E-state index contributed by atoms with van der Waals surface area (Å²) in [4.78, 5) is 34.9. The molecule has 0 aliphatic rings. The SMILES string of the molecule is COCCCNC(=O)c1cc2c(=O)n3cc(C)ccc3nc2n(Cc2ccncc2)c1=N. The number of ether oxygens (including phenoxy) is 1. The number of aryl methyl sites for hydroxylation is 1. The number of fused-ring (bicyclic) bond motifs is 2. The van der Waals surface area contributed by atoms with Gasteiger partial charge >= 0.3 is 0 Å². The van der Waals surface area contributed by atoms with Crippen LogP contribution in [0.5, 0.6) is 0 Å². The van der Waals surface area contributed by atoms with Gasteiger partial charge in [-0.15, -0.1) is 0 Å². The number of aromatic nitrogens is 4. The quantitative estimate of drug-likeness (QED) is 0.340. The Morgan fingerprint density at radius 2 is 2.00 bits per heavy atom. The van der Waals surface area contributed by atoms with E-state index in [0.29, 0.717) is 30.9 Å². The summed E-state index contributed by atoms with van der Waals surface area (Å²) in [5.41, 5.74) is 2.45. The largest absolute Gasteiger partial charge is 0.385 e. The topological polar surface area (TPSA) is 114 Å². The van der Waals surface area contributed by atoms with E-state index in [1.54, 1.807) is 36.3 Å². The molecule has 0 saturated heterocycles. The minimum Gasteiger partial charge on any atom is -0.385 e. The molecule has 0 bridgehead atoms. The summed E-state index contributed by atoms with van der Waals surface area (Å²) in [5.74, 6) is -0.412. The molecule has 0 radical (unpaired) electrons. The Hall–Kier alpha value is -3.85. The monoisotopic (exact) mass is 432 g/mol. The van der Waals surface area contributed by atoms with Gasteiger partial charge < -0.3 is 14.6 Å². The maximum absolute atomic E-state index is 13.3. The fourth-order valence-electron chi connectivity index (χ4n) is 3.55. The third kappa shape index (κ3) is 4.15. The van der Waals surface area contributed by atoms with Crippen LogP contribution in [0.2, 0.25) is 0 Å². The van der Waals surface area contributed by atoms with Gasteiger partial charge in [0.05, 0.1) is 17.5 Å². The number of hydrogen-bond acceptors (Lipinski definition) is 6. The van der Waals surface area contributed by atoms with Crippen molar-refractivity contribution in [3.8, 4) is 0 Å². The summed E-state index contributed by atoms with van der Waals surface area (Å²) < 4.78 is 8.08. The summed E-state index contributed by atoms with van der Waals surface area (Å²) in [7, 11) is 1.60. The lowest BCUT2D eigenvalue weighted by Gasteiger charge is -2.15. The number of hydrogen-bond donors (Lipinski definition) is 2. The predicted octanol–water partition coefficient (Wildman–Crippen LogP) is 1.65. The van der Waals surface area contributed by atoms with Gasteiger partial charge in [-0.3, -0.25) is 24.4 Å². The molecule has 32 heavy (non-hydrogen) atoms. The molecule has 0 unspecified atom stereocenters. The first-order chi connectivity index (χ1) is 15.5. The molecular formula is C23H24N6O3. The summed E-state index contributed by atoms with van der Waals surface area (Å²) >= 11 is 0. The highest BCUT2D eigenvalue weighted by Crippen LogP contribution is 2.13. The highest BCUT2D eigenvalue weighted by molar-refractivity contribution is 5.96. The molecule has 4 aromatic heterocycles. The molecule has 4 heterocycles. The van der Waals surface area contributed by atoms with E-state index >= 15 is 0 Å². The second-order valence-electron chi connectivity index (χ2n) is 7.54. The zero-order valence-corrected chi connectivity index (χ0v) is 18.0. The molecule has 4 rings (SSSR count). The minimum atomic E-state index is -0.412. The number of nitrogens with zero attached hydrogens (tertiary/aromatic N) is 4. The molecule has 0 aliphatic heterocycles. The molecule has 1 amide bonds. The van der Waals surface area contributed by atoms with E-state index in [-0.39, 0.29) is 28.5 Å². The molecular weight excluding hydrogens is 408 g/mol. The van der Waals surface area contributed by atoms with Gasteiger partial charge in [-0.05, 0) is 48.7 Å². The van der Waals surface area contributed by atoms with E-state index < -0.39 is 5.91 Å². The van der Waals surface area contributed by atoms with Crippen molar-refractivity contribution in [2.45, 2.75) is 19.9 Å². The van der Waals surface area contributed by atoms with Crippen LogP contribution in [0.1, 0.15) is 27.9 Å². The molecule has 0 spiro atoms. The van der Waals surface area contributed by atoms with Gasteiger partial charge in [-0.1, -0.05) is 6.07 Å². The van der Waals surface area contributed by atoms with Gasteiger partial charge in [0.15, 0.2) is 0 Å². The first kappa shape index (κ1) is 21.4. The summed E-state index contributed by atoms with van der Waals surface area (Å²) in [6, 6.07) is 8.77. The molecule has 4 aromatic rings. The lowest BCUT2D eigenvalue weighted by Crippen LogP contribution is -2.35. The number of amides is 1. The molecule has 0 saturated carbocycles. The van der Waals surface area contributed by atoms with Crippen LogP contribution in [0.25, 0.3) is 16.7 Å². The van der Waals surface area contributed by atoms with E-state index in [0.717, 1.165) is 11.1 Å². The highest BCUT2D eigenvalue weighted by atomic mass is 16.5. The summed E-state index contributed by atoms with van der Waals surface area (Å²) in [6.45, 7) is 3.09. The van der Waals surface area contributed by atoms with Crippen molar-refractivity contribution < 1.29 is 9.53 Å². The third-order valence-corrected chi connectivity index (χ3v) is 5.20. The van der Waals surface area contributed by atoms with Gasteiger partial charge in [0.2, 0.25) is 0 Å². The zero-order valence-electron chi connectivity index (χ0n) is 18.0. The van der Waals surface area contributed by atoms with Gasteiger partial charge in [-0.2, -0.15) is 0 Å². The van der Waals surface area contributed by atoms with E-state index in [1.807, 2.05) is 25.1 Å². The van der Waals surface area contributed by atoms with Crippen molar-refractivity contribution in [1.29, 1.82) is 5.41 Å². The second kappa shape index (κ2) is 9.11. The number of pyridine rings is 3. The van der Waals surface area contributed by atoms with E-state index in [9.17, 15) is 9.59 Å². The number of carbonyl (C=O) groups excluding carboxylic acids is 1. The van der Waals surface area contributed by atoms with Crippen LogP contribution in [0.4, 0.5) is 0 Å². The molecule has 0 atom stereocenters. The average molecular weight is 432 g/mol. The van der Waals surface area contributed by atoms with Gasteiger partial charge in [-0.25, -0.2) is 4.98 Å². The fraction of sp³-hybridized carbons (Fsp3) is 0.261. The Morgan fingerprint density at radius 3 is 2.75 bits per heavy atom. The van der Waals surface area contributed by atoms with Crippen molar-refractivity contribution in [3.63, 3.8) is 0 Å². The Labute approximate surface area is 183 Å². The van der Waals surface area contributed by atoms with Crippen LogP contribution >= 0.6 is 0 Å². The minimum absolute atomic E-state index is 0.0121. The lowest BCUT2D eigenvalue weighted by molar-refractivity contribution is 0.0946. The van der Waals surface area contributed by atoms with E-state index in [2.05, 4.69) is 15.3 Å². The first-order valence-corrected chi connectivity index (χ1v) is 10.3. The zero-order chi connectivity index (χ0) is 22.7. The van der Waals surface area contributed by atoms with Crippen molar-refractivity contribution >= 4 is 22.6 Å². The standard InChI is InChI=1S/C23H24N6O3/c1-15-4-5-19-27-21-18(23(31)28(19)13-15)12-17(22(30)26-8-3-11-32-2)20(24)29(21)14-16-6-9-25-10-7-16/h4-7,9-10,12-13,24H,3,8,11,14H2,1-2H3,(H,26,30). The fourth-order valence-corrected chi connectivity index (χ4v) is 3.55. The van der Waals surface area contributed by atoms with E-state index in [1.165, 1.54) is 10.5 Å². The normalized spacial score (nSPS) is 11.2. The van der Waals surface area contributed by atoms with Crippen LogP contribution in [0, 0.1) is 12.3 Å². The Balaban J connectivity index is 1.92. The van der Waals surface area contributed by atoms with Gasteiger partial charge in [0, 0.05) is 38.9 Å². The summed E-state index contributed by atoms with van der Waals surface area (Å²) in [5, 5.41) is 11.8. The van der Waals surface area contributed by atoms with Crippen LogP contribution in [0.15, 0.2) is 53.7 Å². The molecule has 0 aliphatic carbocycles. The molecule has 164 valence electrons. The van der Waals surface area contributed by atoms with Gasteiger partial charge in [0.1, 0.15) is 16.8 Å². The lowest BCUT2D eigenvalue weighted by atomic mass is 10.1. The third-order valence-electron chi connectivity index (χ3n) is 5.20. The Kier molecular flexibility index (Phi) is 6.09. The van der Waals surface area contributed by atoms with Crippen LogP contribution < -0.4 is 16.4 Å². The van der Waals surface area contributed by atoms with E-state index in [4.69, 9.17) is 10.1 Å². The van der Waals surface area contributed by atoms with Gasteiger partial charge in [0.25, 0.3) is 11.5 Å². The number of nitrogens with one attached hydrogen (secondary N) is 2. The van der Waals surface area contributed by atoms with Crippen LogP contribution in [-0.2, 0) is 11.3 Å². The smallest absolute Gasteiger partial charge is 0.267 e. The van der Waals surface area contributed by atoms with Crippen molar-refractivity contribution in [1.82, 2.24) is 24.3 Å². The number of rotatable bonds is 7. The van der Waals surface area contributed by atoms with Crippen LogP contribution in [0.3, 0.4) is 0 Å². The first-order valence-electron chi connectivity index (χ1n) is 10.3. The average Bonchev–Trinajstić information content (AvgIpc) is 2.80. The Bertz CT molecular complexity index is 1410. The second-order valence-corrected chi connectivity index (χ2v) is 7.54. The molecule has 0 fully saturated rings. The van der Waals surface area contributed by atoms with Crippen molar-refractivity contribution in [2.24, 2.45) is 0 Å². The summed E-state index contributed by atoms with van der Waals surface area (Å²) in [6.07, 6.45) is 5.69. The van der Waals surface area contributed by atoms with Crippen LogP contribution in [-0.4, -0.2) is 45.1 Å². The predicted molar refractivity (Wildman–Crippen MR) is 120 cm³/mol. The van der Waals surface area contributed by atoms with Crippen molar-refractivity contribution in [2.75, 3.05) is 20.3 Å². The highest BCUT2D eigenvalue weighted by Gasteiger charge is 2.17. The number of methoxy groups -OCH3 is 1. The molecule has 0 aromatic carbocycles. The molecule has 2 N–H and O–H groups in total. The number of carbonyl (C=O) groups is 1. The molecule has 9 heteroatoms. The maximum Gasteiger partial charge on any atom is 0.267 e. The van der Waals surface area contributed by atoms with Crippen molar-refractivity contribution in [3.05, 3.63) is 81.5 Å². The Morgan fingerprint density at radius 1 is 1.22 bits per heavy atom.